The minimum atomic E-state index is -0.305. The lowest BCUT2D eigenvalue weighted by atomic mass is 9.98. The molecular weight excluding hydrogens is 273 g/mol. The van der Waals surface area contributed by atoms with Crippen LogP contribution in [-0.4, -0.2) is 49.3 Å². The molecule has 0 bridgehead atoms. The van der Waals surface area contributed by atoms with Crippen LogP contribution in [0.3, 0.4) is 0 Å². The van der Waals surface area contributed by atoms with Crippen LogP contribution in [0.25, 0.3) is 0 Å². The summed E-state index contributed by atoms with van der Waals surface area (Å²) in [5.41, 5.74) is 0.473. The Morgan fingerprint density at radius 1 is 1.57 bits per heavy atom. The van der Waals surface area contributed by atoms with Crippen molar-refractivity contribution in [3.63, 3.8) is 0 Å². The minimum absolute atomic E-state index is 0.0296. The van der Waals surface area contributed by atoms with E-state index >= 15 is 0 Å². The van der Waals surface area contributed by atoms with Gasteiger partial charge in [-0.3, -0.25) is 4.79 Å². The number of carbonyl (C=O) groups excluding carboxylic acids is 1. The van der Waals surface area contributed by atoms with E-state index in [1.807, 2.05) is 4.90 Å². The van der Waals surface area contributed by atoms with Gasteiger partial charge >= 0.3 is 0 Å². The number of likely N-dealkylation sites (tertiary alicyclic amines) is 1. The van der Waals surface area contributed by atoms with Gasteiger partial charge in [0.25, 0.3) is 0 Å². The molecule has 2 fully saturated rings. The molecule has 2 aliphatic heterocycles. The minimum Gasteiger partial charge on any atom is -0.379 e. The van der Waals surface area contributed by atoms with E-state index < -0.39 is 0 Å². The van der Waals surface area contributed by atoms with Gasteiger partial charge in [0.15, 0.2) is 0 Å². The van der Waals surface area contributed by atoms with Gasteiger partial charge in [0.05, 0.1) is 24.7 Å². The van der Waals surface area contributed by atoms with Crippen molar-refractivity contribution in [3.8, 4) is 0 Å². The molecule has 5 heteroatoms. The number of hydrogen-bond acceptors (Lipinski definition) is 3. The van der Waals surface area contributed by atoms with Gasteiger partial charge in [-0.2, -0.15) is 0 Å². The molecule has 0 radical (unpaired) electrons. The highest BCUT2D eigenvalue weighted by Crippen LogP contribution is 2.36. The Balaban J connectivity index is 1.60. The molecule has 0 aliphatic carbocycles. The van der Waals surface area contributed by atoms with Crippen molar-refractivity contribution in [2.45, 2.75) is 31.0 Å². The number of rotatable bonds is 3. The molecule has 4 nitrogen and oxygen atoms in total. The van der Waals surface area contributed by atoms with Gasteiger partial charge < -0.3 is 14.4 Å². The average Bonchev–Trinajstić information content (AvgIpc) is 3.07. The van der Waals surface area contributed by atoms with Crippen LogP contribution in [0.4, 0.5) is 4.39 Å². The van der Waals surface area contributed by atoms with Crippen molar-refractivity contribution in [3.05, 3.63) is 35.6 Å². The number of benzene rings is 1. The third-order valence-corrected chi connectivity index (χ3v) is 4.42. The standard InChI is InChI=1S/C16H20FNO3/c1-20-14-9-16(21-10-14)5-6-18(11-16)15(19)8-12-3-2-4-13(17)7-12/h2-4,7,14H,5-6,8-11H2,1H3/t14-,16+/m0/s1. The summed E-state index contributed by atoms with van der Waals surface area (Å²) in [7, 11) is 1.69. The molecule has 0 saturated carbocycles. The van der Waals surface area contributed by atoms with Crippen LogP contribution in [0.1, 0.15) is 18.4 Å². The van der Waals surface area contributed by atoms with E-state index in [0.29, 0.717) is 25.3 Å². The molecule has 21 heavy (non-hydrogen) atoms. The van der Waals surface area contributed by atoms with E-state index in [1.165, 1.54) is 12.1 Å². The summed E-state index contributed by atoms with van der Waals surface area (Å²) < 4.78 is 24.4. The van der Waals surface area contributed by atoms with E-state index in [4.69, 9.17) is 9.47 Å². The number of methoxy groups -OCH3 is 1. The zero-order chi connectivity index (χ0) is 14.9. The highest BCUT2D eigenvalue weighted by molar-refractivity contribution is 5.79. The normalized spacial score (nSPS) is 28.5. The van der Waals surface area contributed by atoms with Gasteiger partial charge in [-0.05, 0) is 24.1 Å². The fraction of sp³-hybridized carbons (Fsp3) is 0.562. The maximum atomic E-state index is 13.2. The Morgan fingerprint density at radius 2 is 2.43 bits per heavy atom. The van der Waals surface area contributed by atoms with E-state index in [-0.39, 0.29) is 29.9 Å². The summed E-state index contributed by atoms with van der Waals surface area (Å²) in [6.45, 7) is 1.91. The highest BCUT2D eigenvalue weighted by atomic mass is 19.1. The molecule has 1 aromatic rings. The van der Waals surface area contributed by atoms with Crippen molar-refractivity contribution in [1.82, 2.24) is 4.90 Å². The molecule has 2 atom stereocenters. The zero-order valence-corrected chi connectivity index (χ0v) is 12.2. The number of carbonyl (C=O) groups is 1. The van der Waals surface area contributed by atoms with Crippen LogP contribution in [0.2, 0.25) is 0 Å². The van der Waals surface area contributed by atoms with Crippen molar-refractivity contribution < 1.29 is 18.7 Å². The second kappa shape index (κ2) is 5.73. The molecule has 1 spiro atoms. The molecule has 0 aromatic heterocycles. The first-order valence-electron chi connectivity index (χ1n) is 7.29. The van der Waals surface area contributed by atoms with Crippen molar-refractivity contribution in [2.75, 3.05) is 26.8 Å². The second-order valence-corrected chi connectivity index (χ2v) is 5.93. The average molecular weight is 293 g/mol. The van der Waals surface area contributed by atoms with Crippen LogP contribution < -0.4 is 0 Å². The Kier molecular flexibility index (Phi) is 3.95. The lowest BCUT2D eigenvalue weighted by Crippen LogP contribution is -2.36. The fourth-order valence-electron chi connectivity index (χ4n) is 3.23. The van der Waals surface area contributed by atoms with E-state index in [1.54, 1.807) is 19.2 Å². The highest BCUT2D eigenvalue weighted by Gasteiger charge is 2.46. The van der Waals surface area contributed by atoms with Gasteiger partial charge in [-0.15, -0.1) is 0 Å². The van der Waals surface area contributed by atoms with Gasteiger partial charge in [0.1, 0.15) is 5.82 Å². The molecule has 2 aliphatic rings. The van der Waals surface area contributed by atoms with Crippen LogP contribution >= 0.6 is 0 Å². The fourth-order valence-corrected chi connectivity index (χ4v) is 3.23. The first-order valence-corrected chi connectivity index (χ1v) is 7.29. The molecule has 2 heterocycles. The van der Waals surface area contributed by atoms with Crippen LogP contribution in [0.15, 0.2) is 24.3 Å². The van der Waals surface area contributed by atoms with Crippen LogP contribution in [0, 0.1) is 5.82 Å². The Labute approximate surface area is 123 Å². The quantitative estimate of drug-likeness (QED) is 0.852. The lowest BCUT2D eigenvalue weighted by molar-refractivity contribution is -0.130. The van der Waals surface area contributed by atoms with Crippen LogP contribution in [-0.2, 0) is 20.7 Å². The number of amides is 1. The molecule has 1 amide bonds. The molecule has 2 saturated heterocycles. The Bertz CT molecular complexity index is 536. The van der Waals surface area contributed by atoms with Gasteiger partial charge in [0.2, 0.25) is 5.91 Å². The van der Waals surface area contributed by atoms with E-state index in [0.717, 1.165) is 12.8 Å². The van der Waals surface area contributed by atoms with Crippen molar-refractivity contribution in [1.29, 1.82) is 0 Å². The summed E-state index contributed by atoms with van der Waals surface area (Å²) in [6, 6.07) is 6.21. The van der Waals surface area contributed by atoms with Gasteiger partial charge in [-0.1, -0.05) is 12.1 Å². The topological polar surface area (TPSA) is 38.8 Å². The first kappa shape index (κ1) is 14.5. The predicted octanol–water partition coefficient (Wildman–Crippen LogP) is 1.77. The molecule has 0 N–H and O–H groups in total. The molecular formula is C16H20FNO3. The Morgan fingerprint density at radius 3 is 3.14 bits per heavy atom. The summed E-state index contributed by atoms with van der Waals surface area (Å²) in [5.74, 6) is -0.276. The summed E-state index contributed by atoms with van der Waals surface area (Å²) in [6.07, 6.45) is 2.06. The zero-order valence-electron chi connectivity index (χ0n) is 12.2. The number of ether oxygens (including phenoxy) is 2. The SMILES string of the molecule is CO[C@@H]1CO[C@]2(CCN(C(=O)Cc3cccc(F)c3)C2)C1. The van der Waals surface area contributed by atoms with Gasteiger partial charge in [0, 0.05) is 26.6 Å². The maximum Gasteiger partial charge on any atom is 0.227 e. The number of halogens is 1. The van der Waals surface area contributed by atoms with E-state index in [9.17, 15) is 9.18 Å². The third-order valence-electron chi connectivity index (χ3n) is 4.42. The number of nitrogens with zero attached hydrogens (tertiary/aromatic N) is 1. The monoisotopic (exact) mass is 293 g/mol. The lowest BCUT2D eigenvalue weighted by Gasteiger charge is -2.23. The Hall–Kier alpha value is -1.46. The molecule has 0 unspecified atom stereocenters. The van der Waals surface area contributed by atoms with Gasteiger partial charge in [-0.25, -0.2) is 4.39 Å². The predicted molar refractivity (Wildman–Crippen MR) is 75.4 cm³/mol. The van der Waals surface area contributed by atoms with Crippen molar-refractivity contribution >= 4 is 5.91 Å². The summed E-state index contributed by atoms with van der Waals surface area (Å²) in [5, 5.41) is 0. The number of hydrogen-bond donors (Lipinski definition) is 0. The first-order chi connectivity index (χ1) is 10.1. The smallest absolute Gasteiger partial charge is 0.227 e. The molecule has 3 rings (SSSR count). The second-order valence-electron chi connectivity index (χ2n) is 5.93. The third kappa shape index (κ3) is 3.09. The maximum absolute atomic E-state index is 13.2. The molecule has 1 aromatic carbocycles. The largest absolute Gasteiger partial charge is 0.379 e. The van der Waals surface area contributed by atoms with E-state index in [2.05, 4.69) is 0 Å². The van der Waals surface area contributed by atoms with Crippen LogP contribution in [0.5, 0.6) is 0 Å². The molecule has 114 valence electrons. The van der Waals surface area contributed by atoms with Crippen molar-refractivity contribution in [2.24, 2.45) is 0 Å². The summed E-state index contributed by atoms with van der Waals surface area (Å²) in [4.78, 5) is 14.2. The summed E-state index contributed by atoms with van der Waals surface area (Å²) >= 11 is 0.